The summed E-state index contributed by atoms with van der Waals surface area (Å²) in [7, 11) is 0. The van der Waals surface area contributed by atoms with Crippen LogP contribution in [0.1, 0.15) is 25.0 Å². The Labute approximate surface area is 166 Å². The smallest absolute Gasteiger partial charge is 0.223 e. The molecule has 0 spiro atoms. The maximum atomic E-state index is 12.5. The number of nitrogens with zero attached hydrogens (tertiary/aromatic N) is 7. The number of aryl methyl sites for hydroxylation is 1. The number of amides is 1. The molecule has 0 bridgehead atoms. The van der Waals surface area contributed by atoms with Crippen LogP contribution in [-0.4, -0.2) is 54.2 Å². The van der Waals surface area contributed by atoms with Gasteiger partial charge in [0.25, 0.3) is 0 Å². The number of hydrogen-bond donors (Lipinski definition) is 0. The molecule has 146 valence electrons. The molecular weight excluding hydrogens is 382 g/mol. The van der Waals surface area contributed by atoms with Crippen molar-refractivity contribution in [3.8, 4) is 11.5 Å². The second-order valence-electron chi connectivity index (χ2n) is 6.85. The van der Waals surface area contributed by atoms with Gasteiger partial charge < -0.3 is 9.42 Å². The van der Waals surface area contributed by atoms with Gasteiger partial charge >= 0.3 is 0 Å². The largest absolute Gasteiger partial charge is 0.360 e. The van der Waals surface area contributed by atoms with Gasteiger partial charge in [0.15, 0.2) is 5.15 Å². The number of carbonyl (C=O) groups excluding carboxylic acids is 1. The van der Waals surface area contributed by atoms with Crippen LogP contribution in [0.3, 0.4) is 0 Å². The zero-order valence-electron chi connectivity index (χ0n) is 15.2. The summed E-state index contributed by atoms with van der Waals surface area (Å²) >= 11 is 5.74. The van der Waals surface area contributed by atoms with Crippen LogP contribution in [0.2, 0.25) is 5.15 Å². The van der Waals surface area contributed by atoms with Gasteiger partial charge in [0.2, 0.25) is 11.7 Å². The Morgan fingerprint density at radius 2 is 2.29 bits per heavy atom. The van der Waals surface area contributed by atoms with E-state index in [1.807, 2.05) is 23.1 Å². The number of piperidine rings is 1. The number of aromatic nitrogens is 6. The van der Waals surface area contributed by atoms with Crippen LogP contribution in [0.25, 0.3) is 11.5 Å². The average Bonchev–Trinajstić information content (AvgIpc) is 3.36. The molecule has 0 unspecified atom stereocenters. The predicted octanol–water partition coefficient (Wildman–Crippen LogP) is 2.25. The predicted molar refractivity (Wildman–Crippen MR) is 100 cm³/mol. The lowest BCUT2D eigenvalue weighted by atomic mass is 9.98. The van der Waals surface area contributed by atoms with Gasteiger partial charge in [-0.2, -0.15) is 4.80 Å². The van der Waals surface area contributed by atoms with Gasteiger partial charge in [-0.25, -0.2) is 0 Å². The van der Waals surface area contributed by atoms with Crippen LogP contribution >= 0.6 is 11.6 Å². The fourth-order valence-corrected chi connectivity index (χ4v) is 3.54. The van der Waals surface area contributed by atoms with Gasteiger partial charge in [-0.05, 0) is 36.1 Å². The zero-order chi connectivity index (χ0) is 19.3. The second-order valence-corrected chi connectivity index (χ2v) is 7.23. The van der Waals surface area contributed by atoms with Crippen molar-refractivity contribution in [1.82, 2.24) is 35.2 Å². The van der Waals surface area contributed by atoms with Crippen LogP contribution in [0, 0.1) is 5.92 Å². The van der Waals surface area contributed by atoms with Gasteiger partial charge in [0, 0.05) is 38.2 Å². The molecule has 1 aliphatic rings. The maximum Gasteiger partial charge on any atom is 0.223 e. The number of pyridine rings is 1. The molecule has 0 saturated carbocycles. The van der Waals surface area contributed by atoms with E-state index < -0.39 is 0 Å². The number of hydrogen-bond acceptors (Lipinski definition) is 7. The summed E-state index contributed by atoms with van der Waals surface area (Å²) in [6, 6.07) is 7.23. The molecule has 0 aliphatic carbocycles. The standard InChI is InChI=1S/C18H20ClN7O2/c19-16-10-14(28-23-16)6-7-17(27)25-9-3-4-13(11-25)12-26-22-18(21-24-26)15-5-1-2-8-20-15/h1-2,5,8,10,13H,3-4,6-7,9,11-12H2/t13-/m1/s1. The van der Waals surface area contributed by atoms with Crippen molar-refractivity contribution in [3.05, 3.63) is 41.4 Å². The molecule has 1 amide bonds. The van der Waals surface area contributed by atoms with Gasteiger partial charge in [0.05, 0.1) is 6.54 Å². The lowest BCUT2D eigenvalue weighted by molar-refractivity contribution is -0.133. The molecule has 0 aromatic carbocycles. The van der Waals surface area contributed by atoms with Crippen molar-refractivity contribution < 1.29 is 9.32 Å². The number of carbonyl (C=O) groups is 1. The molecule has 1 fully saturated rings. The second kappa shape index (κ2) is 8.47. The van der Waals surface area contributed by atoms with E-state index in [4.69, 9.17) is 16.1 Å². The summed E-state index contributed by atoms with van der Waals surface area (Å²) in [5.74, 6) is 1.54. The van der Waals surface area contributed by atoms with E-state index in [1.54, 1.807) is 17.1 Å². The Hall–Kier alpha value is -2.81. The summed E-state index contributed by atoms with van der Waals surface area (Å²) < 4.78 is 5.06. The summed E-state index contributed by atoms with van der Waals surface area (Å²) in [5, 5.41) is 16.6. The van der Waals surface area contributed by atoms with E-state index in [-0.39, 0.29) is 5.91 Å². The Morgan fingerprint density at radius 3 is 3.07 bits per heavy atom. The van der Waals surface area contributed by atoms with E-state index >= 15 is 0 Å². The Balaban J connectivity index is 1.31. The minimum Gasteiger partial charge on any atom is -0.360 e. The molecule has 1 aliphatic heterocycles. The summed E-state index contributed by atoms with van der Waals surface area (Å²) in [5.41, 5.74) is 0.696. The minimum atomic E-state index is 0.109. The zero-order valence-corrected chi connectivity index (χ0v) is 16.0. The highest BCUT2D eigenvalue weighted by molar-refractivity contribution is 6.29. The first-order valence-corrected chi connectivity index (χ1v) is 9.63. The monoisotopic (exact) mass is 401 g/mol. The Morgan fingerprint density at radius 1 is 1.36 bits per heavy atom. The molecular formula is C18H20ClN7O2. The van der Waals surface area contributed by atoms with Crippen molar-refractivity contribution in [3.63, 3.8) is 0 Å². The number of tetrazole rings is 1. The highest BCUT2D eigenvalue weighted by Gasteiger charge is 2.25. The fourth-order valence-electron chi connectivity index (χ4n) is 3.38. The maximum absolute atomic E-state index is 12.5. The first kappa shape index (κ1) is 18.5. The number of likely N-dealkylation sites (tertiary alicyclic amines) is 1. The SMILES string of the molecule is O=C(CCc1cc(Cl)no1)N1CCC[C@@H](Cn2nnc(-c3ccccn3)n2)C1. The molecule has 9 nitrogen and oxygen atoms in total. The third-order valence-corrected chi connectivity index (χ3v) is 4.93. The quantitative estimate of drug-likeness (QED) is 0.624. The molecule has 0 N–H and O–H groups in total. The van der Waals surface area contributed by atoms with E-state index in [9.17, 15) is 4.79 Å². The third kappa shape index (κ3) is 4.53. The van der Waals surface area contributed by atoms with Crippen molar-refractivity contribution in [2.24, 2.45) is 5.92 Å². The normalized spacial score (nSPS) is 17.0. The van der Waals surface area contributed by atoms with E-state index in [0.717, 1.165) is 19.4 Å². The van der Waals surface area contributed by atoms with Crippen LogP contribution in [0.5, 0.6) is 0 Å². The molecule has 1 atom stereocenters. The van der Waals surface area contributed by atoms with E-state index in [0.29, 0.717) is 54.3 Å². The minimum absolute atomic E-state index is 0.109. The molecule has 3 aromatic heterocycles. The van der Waals surface area contributed by atoms with Crippen LogP contribution in [0.15, 0.2) is 35.0 Å². The van der Waals surface area contributed by atoms with Crippen LogP contribution in [-0.2, 0) is 17.8 Å². The molecule has 4 rings (SSSR count). The average molecular weight is 402 g/mol. The van der Waals surface area contributed by atoms with Crippen molar-refractivity contribution in [2.45, 2.75) is 32.2 Å². The van der Waals surface area contributed by atoms with Crippen molar-refractivity contribution >= 4 is 17.5 Å². The molecule has 10 heteroatoms. The van der Waals surface area contributed by atoms with Gasteiger partial charge in [-0.1, -0.05) is 22.8 Å². The molecule has 3 aromatic rings. The highest BCUT2D eigenvalue weighted by Crippen LogP contribution is 2.20. The molecule has 4 heterocycles. The fraction of sp³-hybridized carbons (Fsp3) is 0.444. The van der Waals surface area contributed by atoms with Gasteiger partial charge in [-0.3, -0.25) is 9.78 Å². The molecule has 0 radical (unpaired) electrons. The Kier molecular flexibility index (Phi) is 5.61. The lowest BCUT2D eigenvalue weighted by Gasteiger charge is -2.32. The van der Waals surface area contributed by atoms with Crippen LogP contribution in [0.4, 0.5) is 0 Å². The summed E-state index contributed by atoms with van der Waals surface area (Å²) in [4.78, 5) is 20.3. The first-order valence-electron chi connectivity index (χ1n) is 9.25. The first-order chi connectivity index (χ1) is 13.7. The Bertz CT molecular complexity index is 927. The number of halogens is 1. The lowest BCUT2D eigenvalue weighted by Crippen LogP contribution is -2.41. The van der Waals surface area contributed by atoms with Gasteiger partial charge in [-0.15, -0.1) is 10.2 Å². The van der Waals surface area contributed by atoms with E-state index in [1.165, 1.54) is 0 Å². The third-order valence-electron chi connectivity index (χ3n) is 4.76. The van der Waals surface area contributed by atoms with E-state index in [2.05, 4.69) is 25.6 Å². The topological polar surface area (TPSA) is 103 Å². The van der Waals surface area contributed by atoms with Crippen molar-refractivity contribution in [1.29, 1.82) is 0 Å². The summed E-state index contributed by atoms with van der Waals surface area (Å²) in [6.07, 6.45) is 4.57. The molecule has 28 heavy (non-hydrogen) atoms. The summed E-state index contributed by atoms with van der Waals surface area (Å²) in [6.45, 7) is 2.09. The van der Waals surface area contributed by atoms with Crippen molar-refractivity contribution in [2.75, 3.05) is 13.1 Å². The van der Waals surface area contributed by atoms with Crippen LogP contribution < -0.4 is 0 Å². The molecule has 1 saturated heterocycles. The van der Waals surface area contributed by atoms with Gasteiger partial charge in [0.1, 0.15) is 11.5 Å². The number of rotatable bonds is 6. The highest BCUT2D eigenvalue weighted by atomic mass is 35.5.